The zero-order valence-electron chi connectivity index (χ0n) is 22.7. The van der Waals surface area contributed by atoms with Crippen LogP contribution in [-0.4, -0.2) is 4.75 Å². The van der Waals surface area contributed by atoms with E-state index >= 15 is 0 Å². The van der Waals surface area contributed by atoms with Crippen molar-refractivity contribution in [2.75, 3.05) is 0 Å². The van der Waals surface area contributed by atoms with E-state index in [-0.39, 0.29) is 0 Å². The van der Waals surface area contributed by atoms with Crippen LogP contribution in [-0.2, 0) is 0 Å². The zero-order valence-corrected chi connectivity index (χ0v) is 23.6. The van der Waals surface area contributed by atoms with Crippen LogP contribution in [0.4, 0.5) is 0 Å². The summed E-state index contributed by atoms with van der Waals surface area (Å²) in [5.41, 5.74) is 17.0. The predicted octanol–water partition coefficient (Wildman–Crippen LogP) is 4.07. The summed E-state index contributed by atoms with van der Waals surface area (Å²) < 4.78 is 0.599. The van der Waals surface area contributed by atoms with Gasteiger partial charge in [0.25, 0.3) is 0 Å². The Hall–Kier alpha value is 0.350. The molecule has 0 bridgehead atoms. The minimum atomic E-state index is 0.599. The van der Waals surface area contributed by atoms with Crippen molar-refractivity contribution in [1.29, 1.82) is 0 Å². The van der Waals surface area contributed by atoms with Gasteiger partial charge in [0, 0.05) is 10.2 Å². The van der Waals surface area contributed by atoms with Crippen LogP contribution in [0.5, 0.6) is 0 Å². The van der Waals surface area contributed by atoms with Crippen LogP contribution in [0.25, 0.3) is 0 Å². The molecule has 0 aromatic carbocycles. The highest BCUT2D eigenvalue weighted by atomic mass is 32.1. The van der Waals surface area contributed by atoms with Crippen molar-refractivity contribution in [2.24, 2.45) is 199 Å². The van der Waals surface area contributed by atoms with Crippen molar-refractivity contribution >= 4 is 12.6 Å². The smallest absolute Gasteiger partial charge is 0.0237 e. The van der Waals surface area contributed by atoms with E-state index in [9.17, 15) is 0 Å². The highest BCUT2D eigenvalue weighted by Gasteiger charge is 3.56. The molecule has 0 nitrogen and oxygen atoms in total. The summed E-state index contributed by atoms with van der Waals surface area (Å²) in [5, 5.41) is 0. The van der Waals surface area contributed by atoms with Crippen LogP contribution in [0.15, 0.2) is 0 Å². The Labute approximate surface area is 241 Å². The second-order valence-corrected chi connectivity index (χ2v) is 26.2. The summed E-state index contributed by atoms with van der Waals surface area (Å²) in [6, 6.07) is 0. The summed E-state index contributed by atoms with van der Waals surface area (Å²) in [7, 11) is 0. The van der Waals surface area contributed by atoms with Crippen molar-refractivity contribution in [3.63, 3.8) is 0 Å². The van der Waals surface area contributed by atoms with E-state index in [0.29, 0.717) is 4.75 Å². The SMILES string of the molecule is S[C@@]12CC3C4C5C6C7C8C9C%10CC%11C%12CC%13C%14C%15C%16C%17C%18C%19C%20CC1C%201C%19%20C%18%19C%17%18C%16%17C%15%16C%14%15C%12%13C%11%10C9%15C8%16C7%17C6%18C5%19C4%20C312. The molecule has 16 spiro atoms. The first-order valence-electron chi connectivity index (χ1n) is 20.0. The van der Waals surface area contributed by atoms with Crippen molar-refractivity contribution < 1.29 is 0 Å². The monoisotopic (exact) mass is 540 g/mol. The zero-order chi connectivity index (χ0) is 23.3. The summed E-state index contributed by atoms with van der Waals surface area (Å²) in [6.07, 6.45) is 6.91. The molecule has 0 radical (unpaired) electrons. The molecule has 27 aliphatic rings. The number of thiol groups is 1. The second-order valence-electron chi connectivity index (χ2n) is 25.4. The van der Waals surface area contributed by atoms with E-state index in [1.165, 1.54) is 107 Å². The van der Waals surface area contributed by atoms with Gasteiger partial charge in [-0.1, -0.05) is 0 Å². The van der Waals surface area contributed by atoms with Crippen molar-refractivity contribution in [2.45, 2.75) is 30.4 Å². The quantitative estimate of drug-likeness (QED) is 0.440. The molecule has 41 heavy (non-hydrogen) atoms. The van der Waals surface area contributed by atoms with E-state index in [4.69, 9.17) is 12.6 Å². The van der Waals surface area contributed by atoms with Crippen LogP contribution < -0.4 is 0 Å². The molecule has 0 N–H and O–H groups in total. The topological polar surface area (TPSA) is 0 Å². The average Bonchev–Trinajstić information content (AvgIpc) is 2.83. The lowest BCUT2D eigenvalue weighted by Gasteiger charge is -3.55. The lowest BCUT2D eigenvalue weighted by molar-refractivity contribution is -1.10. The van der Waals surface area contributed by atoms with E-state index in [2.05, 4.69) is 0 Å². The van der Waals surface area contributed by atoms with Crippen molar-refractivity contribution in [1.82, 2.24) is 0 Å². The Bertz CT molecular complexity index is 2390. The maximum absolute atomic E-state index is 5.89. The van der Waals surface area contributed by atoms with Gasteiger partial charge in [-0.2, -0.15) is 12.6 Å². The van der Waals surface area contributed by atoms with E-state index in [0.717, 1.165) is 92.6 Å². The fraction of sp³-hybridized carbons (Fsp3) is 1.00. The van der Waals surface area contributed by atoms with Crippen LogP contribution in [0.2, 0.25) is 0 Å². The molecule has 27 rings (SSSR count). The molecule has 27 fully saturated rings. The average molecular weight is 541 g/mol. The van der Waals surface area contributed by atoms with Crippen molar-refractivity contribution in [3.8, 4) is 0 Å². The molecule has 1 heteroatoms. The van der Waals surface area contributed by atoms with Gasteiger partial charge in [0.2, 0.25) is 0 Å². The highest BCUT2D eigenvalue weighted by molar-refractivity contribution is 7.82. The van der Waals surface area contributed by atoms with Gasteiger partial charge in [0.15, 0.2) is 0 Å². The summed E-state index contributed by atoms with van der Waals surface area (Å²) in [4.78, 5) is 0. The Kier molecular flexibility index (Phi) is 0.848. The van der Waals surface area contributed by atoms with E-state index < -0.39 is 0 Å². The molecule has 27 aliphatic carbocycles. The summed E-state index contributed by atoms with van der Waals surface area (Å²) in [5.74, 6) is 25.4. The van der Waals surface area contributed by atoms with Crippen LogP contribution in [0, 0.1) is 199 Å². The molecular weight excluding hydrogens is 513 g/mol. The summed E-state index contributed by atoms with van der Waals surface area (Å²) in [6.45, 7) is 0. The minimum Gasteiger partial charge on any atom is -0.172 e. The van der Waals surface area contributed by atoms with Crippen LogP contribution >= 0.6 is 12.6 Å². The molecule has 36 atom stereocenters. The number of rotatable bonds is 0. The summed E-state index contributed by atoms with van der Waals surface area (Å²) >= 11 is 5.89. The third-order valence-electron chi connectivity index (χ3n) is 33.3. The first kappa shape index (κ1) is 14.8. The van der Waals surface area contributed by atoms with Gasteiger partial charge in [0.05, 0.1) is 0 Å². The van der Waals surface area contributed by atoms with Gasteiger partial charge in [-0.3, -0.25) is 0 Å². The Morgan fingerprint density at radius 3 is 1.20 bits per heavy atom. The van der Waals surface area contributed by atoms with E-state index in [1.807, 2.05) is 0 Å². The molecule has 0 aromatic heterocycles. The fourth-order valence-electron chi connectivity index (χ4n) is 41.1. The van der Waals surface area contributed by atoms with Crippen molar-refractivity contribution in [3.05, 3.63) is 0 Å². The number of hydrogen-bond donors (Lipinski definition) is 1. The minimum absolute atomic E-state index is 0.599. The molecule has 0 heterocycles. The molecule has 0 amide bonds. The van der Waals surface area contributed by atoms with Gasteiger partial charge < -0.3 is 0 Å². The van der Waals surface area contributed by atoms with Gasteiger partial charge >= 0.3 is 0 Å². The molecule has 0 saturated heterocycles. The lowest BCUT2D eigenvalue weighted by atomic mass is 8.48. The Balaban J connectivity index is 0.888. The lowest BCUT2D eigenvalue weighted by Crippen LogP contribution is -3.54. The van der Waals surface area contributed by atoms with Crippen LogP contribution in [0.1, 0.15) is 25.7 Å². The predicted molar refractivity (Wildman–Crippen MR) is 135 cm³/mol. The van der Waals surface area contributed by atoms with Gasteiger partial charge in [-0.25, -0.2) is 0 Å². The standard InChI is InChI=1S/C40H28S/c41-24-4-10-15-19-23-21-17-13-8-2-6-5-1-7-12-16-20-22-18-14-9-3-11(24)27(9)28(10,24)32(15)31(14,27)35(18)36(19,32)40(23)38(21)34(17)30(13)26(6,8)25(5,7)29(12,30)33(16,34)37(20,38)39(22,35)40/h5-23,41H,1-4H2/t5?,6?,7?,8?,9?,10?,11?,12?,13?,14?,15?,16?,17?,18?,19?,20?,21?,22?,23?,24-,25?,26?,27?,28?,29?,30?,31?,32?,33?,34?,35?,36?,37?,38?,39?,40?/m0/s1. The Morgan fingerprint density at radius 2 is 0.683 bits per heavy atom. The number of hydrogen-bond acceptors (Lipinski definition) is 1. The Morgan fingerprint density at radius 1 is 0.317 bits per heavy atom. The maximum Gasteiger partial charge on any atom is 0.0237 e. The maximum atomic E-state index is 5.89. The molecule has 35 unspecified atom stereocenters. The fourth-order valence-corrected chi connectivity index (χ4v) is 42.1. The van der Waals surface area contributed by atoms with Crippen LogP contribution in [0.3, 0.4) is 0 Å². The first-order chi connectivity index (χ1) is 20.2. The molecule has 27 saturated carbocycles. The largest absolute Gasteiger partial charge is 0.172 e. The van der Waals surface area contributed by atoms with E-state index in [1.54, 1.807) is 25.7 Å². The van der Waals surface area contributed by atoms with Gasteiger partial charge in [0.1, 0.15) is 0 Å². The normalized spacial score (nSPS) is 132. The van der Waals surface area contributed by atoms with Gasteiger partial charge in [-0.15, -0.1) is 0 Å². The molecular formula is C40H28S. The second kappa shape index (κ2) is 2.34. The third kappa shape index (κ3) is 0.363. The first-order valence-corrected chi connectivity index (χ1v) is 20.4. The third-order valence-corrected chi connectivity index (χ3v) is 34.1. The highest BCUT2D eigenvalue weighted by Crippen LogP contribution is 3.57. The number of fused-ring (bicyclic) bond motifs is 16. The van der Waals surface area contributed by atoms with Gasteiger partial charge in [-0.05, 0) is 219 Å². The molecule has 0 aliphatic heterocycles. The molecule has 0 aromatic rings. The molecule has 194 valence electrons.